The van der Waals surface area contributed by atoms with Crippen molar-refractivity contribution in [2.75, 3.05) is 18.4 Å². The average molecular weight is 339 g/mol. The summed E-state index contributed by atoms with van der Waals surface area (Å²) >= 11 is 0. The van der Waals surface area contributed by atoms with Gasteiger partial charge in [0, 0.05) is 18.8 Å². The van der Waals surface area contributed by atoms with Gasteiger partial charge in [-0.15, -0.1) is 0 Å². The Kier molecular flexibility index (Phi) is 3.91. The van der Waals surface area contributed by atoms with E-state index in [1.165, 1.54) is 12.7 Å². The zero-order valence-electron chi connectivity index (χ0n) is 14.1. The van der Waals surface area contributed by atoms with Gasteiger partial charge < -0.3 is 15.3 Å². The van der Waals surface area contributed by atoms with Crippen molar-refractivity contribution in [3.63, 3.8) is 0 Å². The van der Waals surface area contributed by atoms with Crippen LogP contribution >= 0.6 is 0 Å². The van der Waals surface area contributed by atoms with Crippen molar-refractivity contribution in [1.82, 2.24) is 19.7 Å². The van der Waals surface area contributed by atoms with Crippen LogP contribution in [-0.4, -0.2) is 43.8 Å². The Morgan fingerprint density at radius 1 is 1.20 bits per heavy atom. The number of aromatic hydroxyl groups is 1. The van der Waals surface area contributed by atoms with Crippen LogP contribution in [0.15, 0.2) is 41.9 Å². The number of phenolic OH excluding ortho intramolecular Hbond substituents is 1. The van der Waals surface area contributed by atoms with Crippen molar-refractivity contribution in [3.05, 3.63) is 47.4 Å². The Labute approximate surface area is 146 Å². The van der Waals surface area contributed by atoms with Crippen LogP contribution in [0.3, 0.4) is 0 Å². The summed E-state index contributed by atoms with van der Waals surface area (Å²) in [7, 11) is 0. The Balaban J connectivity index is 1.78. The largest absolute Gasteiger partial charge is 0.508 e. The first-order chi connectivity index (χ1) is 12.1. The maximum Gasteiger partial charge on any atom is 0.254 e. The van der Waals surface area contributed by atoms with Gasteiger partial charge in [-0.3, -0.25) is 4.79 Å². The summed E-state index contributed by atoms with van der Waals surface area (Å²) in [5.41, 5.74) is 2.38. The Morgan fingerprint density at radius 2 is 1.92 bits per heavy atom. The van der Waals surface area contributed by atoms with Crippen molar-refractivity contribution < 1.29 is 9.90 Å². The molecule has 1 fully saturated rings. The average Bonchev–Trinajstić information content (AvgIpc) is 3.09. The molecular formula is C18H21N5O2. The van der Waals surface area contributed by atoms with E-state index >= 15 is 0 Å². The molecule has 1 aromatic heterocycles. The van der Waals surface area contributed by atoms with E-state index in [0.717, 1.165) is 37.2 Å². The topological polar surface area (TPSA) is 83.3 Å². The van der Waals surface area contributed by atoms with Crippen LogP contribution in [0.4, 0.5) is 5.95 Å². The summed E-state index contributed by atoms with van der Waals surface area (Å²) in [6.45, 7) is 3.49. The molecule has 130 valence electrons. The molecule has 2 N–H and O–H groups in total. The summed E-state index contributed by atoms with van der Waals surface area (Å²) in [4.78, 5) is 19.4. The van der Waals surface area contributed by atoms with Gasteiger partial charge in [0.25, 0.3) is 5.91 Å². The minimum absolute atomic E-state index is 0.0453. The fraction of sp³-hybridized carbons (Fsp3) is 0.389. The number of benzene rings is 1. The van der Waals surface area contributed by atoms with E-state index < -0.39 is 0 Å². The monoisotopic (exact) mass is 339 g/mol. The molecule has 25 heavy (non-hydrogen) atoms. The Hall–Kier alpha value is -2.83. The first-order valence-electron chi connectivity index (χ1n) is 8.60. The van der Waals surface area contributed by atoms with Gasteiger partial charge in [0.05, 0.1) is 5.57 Å². The number of likely N-dealkylation sites (tertiary alicyclic amines) is 1. The molecule has 7 nitrogen and oxygen atoms in total. The van der Waals surface area contributed by atoms with Crippen LogP contribution in [0.2, 0.25) is 0 Å². The number of aromatic nitrogens is 3. The summed E-state index contributed by atoms with van der Waals surface area (Å²) in [6, 6.07) is 6.56. The molecule has 0 bridgehead atoms. The Morgan fingerprint density at radius 3 is 2.64 bits per heavy atom. The number of allylic oxidation sites excluding steroid dienone is 1. The highest BCUT2D eigenvalue weighted by Crippen LogP contribution is 2.36. The van der Waals surface area contributed by atoms with Gasteiger partial charge in [0.2, 0.25) is 5.95 Å². The highest BCUT2D eigenvalue weighted by Gasteiger charge is 2.35. The van der Waals surface area contributed by atoms with Gasteiger partial charge in [-0.05, 0) is 43.9 Å². The van der Waals surface area contributed by atoms with Crippen molar-refractivity contribution in [2.45, 2.75) is 32.2 Å². The summed E-state index contributed by atoms with van der Waals surface area (Å²) in [5.74, 6) is 0.857. The number of fused-ring (bicyclic) bond motifs is 1. The lowest BCUT2D eigenvalue weighted by atomic mass is 9.94. The number of hydrogen-bond acceptors (Lipinski definition) is 5. The second-order valence-corrected chi connectivity index (χ2v) is 6.54. The van der Waals surface area contributed by atoms with E-state index in [9.17, 15) is 9.90 Å². The van der Waals surface area contributed by atoms with Gasteiger partial charge in [0.15, 0.2) is 0 Å². The quantitative estimate of drug-likeness (QED) is 0.877. The van der Waals surface area contributed by atoms with Crippen LogP contribution < -0.4 is 5.32 Å². The van der Waals surface area contributed by atoms with E-state index in [0.29, 0.717) is 11.5 Å². The van der Waals surface area contributed by atoms with Gasteiger partial charge in [0.1, 0.15) is 18.1 Å². The van der Waals surface area contributed by atoms with Crippen LogP contribution in [0.1, 0.15) is 37.8 Å². The van der Waals surface area contributed by atoms with Crippen LogP contribution in [-0.2, 0) is 4.79 Å². The summed E-state index contributed by atoms with van der Waals surface area (Å²) < 4.78 is 1.73. The normalized spacial score (nSPS) is 20.2. The minimum Gasteiger partial charge on any atom is -0.508 e. The molecule has 0 spiro atoms. The van der Waals surface area contributed by atoms with Crippen LogP contribution in [0.5, 0.6) is 5.75 Å². The van der Waals surface area contributed by atoms with E-state index in [4.69, 9.17) is 0 Å². The van der Waals surface area contributed by atoms with Crippen molar-refractivity contribution in [1.29, 1.82) is 0 Å². The van der Waals surface area contributed by atoms with Gasteiger partial charge >= 0.3 is 0 Å². The Bertz CT molecular complexity index is 818. The maximum absolute atomic E-state index is 13.3. The highest BCUT2D eigenvalue weighted by molar-refractivity contribution is 5.96. The number of carbonyl (C=O) groups excluding carboxylic acids is 1. The molecule has 1 aromatic carbocycles. The third-order valence-corrected chi connectivity index (χ3v) is 4.88. The highest BCUT2D eigenvalue weighted by atomic mass is 16.3. The minimum atomic E-state index is -0.353. The lowest BCUT2D eigenvalue weighted by Crippen LogP contribution is -2.40. The van der Waals surface area contributed by atoms with Crippen molar-refractivity contribution in [2.24, 2.45) is 0 Å². The fourth-order valence-corrected chi connectivity index (χ4v) is 3.60. The van der Waals surface area contributed by atoms with Gasteiger partial charge in [-0.2, -0.15) is 10.1 Å². The predicted octanol–water partition coefficient (Wildman–Crippen LogP) is 2.29. The molecule has 0 unspecified atom stereocenters. The second-order valence-electron chi connectivity index (χ2n) is 6.54. The smallest absolute Gasteiger partial charge is 0.254 e. The molecule has 0 saturated carbocycles. The molecule has 4 rings (SSSR count). The van der Waals surface area contributed by atoms with E-state index in [1.807, 2.05) is 24.0 Å². The second kappa shape index (κ2) is 6.23. The molecule has 2 aliphatic rings. The lowest BCUT2D eigenvalue weighted by molar-refractivity contribution is -0.128. The number of carbonyl (C=O) groups is 1. The predicted molar refractivity (Wildman–Crippen MR) is 93.0 cm³/mol. The van der Waals surface area contributed by atoms with Gasteiger partial charge in [-0.25, -0.2) is 4.68 Å². The van der Waals surface area contributed by atoms with Crippen molar-refractivity contribution >= 4 is 11.9 Å². The zero-order chi connectivity index (χ0) is 17.4. The number of anilines is 1. The number of amides is 1. The van der Waals surface area contributed by atoms with Crippen LogP contribution in [0, 0.1) is 0 Å². The molecule has 2 aromatic rings. The van der Waals surface area contributed by atoms with E-state index in [1.54, 1.807) is 16.8 Å². The third kappa shape index (κ3) is 2.75. The number of piperidine rings is 1. The molecular weight excluding hydrogens is 318 g/mol. The number of phenols is 1. The fourth-order valence-electron chi connectivity index (χ4n) is 3.60. The molecule has 7 heteroatoms. The third-order valence-electron chi connectivity index (χ3n) is 4.88. The maximum atomic E-state index is 13.3. The number of nitrogens with zero attached hydrogens (tertiary/aromatic N) is 4. The van der Waals surface area contributed by atoms with E-state index in [2.05, 4.69) is 15.4 Å². The van der Waals surface area contributed by atoms with E-state index in [-0.39, 0.29) is 17.7 Å². The van der Waals surface area contributed by atoms with Gasteiger partial charge in [-0.1, -0.05) is 12.1 Å². The molecule has 0 aliphatic carbocycles. The SMILES string of the molecule is CC1=C(C(=O)N2CCCCC2)[C@@H](c2ccc(O)cc2)n2ncnc2N1. The molecule has 0 radical (unpaired) electrons. The summed E-state index contributed by atoms with van der Waals surface area (Å²) in [5, 5.41) is 17.1. The zero-order valence-corrected chi connectivity index (χ0v) is 14.1. The molecule has 2 aliphatic heterocycles. The lowest BCUT2D eigenvalue weighted by Gasteiger charge is -2.34. The molecule has 1 amide bonds. The standard InChI is InChI=1S/C18H21N5O2/c1-12-15(17(25)22-9-3-2-4-10-22)16(13-5-7-14(24)8-6-13)23-18(21-12)19-11-20-23/h5-8,11,16,24H,2-4,9-10H2,1H3,(H,19,20,21)/t16-/m1/s1. The van der Waals surface area contributed by atoms with Crippen molar-refractivity contribution in [3.8, 4) is 5.75 Å². The number of rotatable bonds is 2. The number of nitrogens with one attached hydrogen (secondary N) is 1. The first-order valence-corrected chi connectivity index (χ1v) is 8.60. The summed E-state index contributed by atoms with van der Waals surface area (Å²) in [6.07, 6.45) is 4.75. The number of hydrogen-bond donors (Lipinski definition) is 2. The molecule has 3 heterocycles. The molecule has 1 saturated heterocycles. The van der Waals surface area contributed by atoms with Crippen LogP contribution in [0.25, 0.3) is 0 Å². The molecule has 1 atom stereocenters. The first kappa shape index (κ1) is 15.7.